The van der Waals surface area contributed by atoms with Crippen molar-refractivity contribution in [2.75, 3.05) is 37.6 Å². The zero-order chi connectivity index (χ0) is 24.6. The van der Waals surface area contributed by atoms with Gasteiger partial charge in [0.05, 0.1) is 37.2 Å². The summed E-state index contributed by atoms with van der Waals surface area (Å²) in [4.78, 5) is 14.5. The maximum Gasteiger partial charge on any atom is 0.261 e. The van der Waals surface area contributed by atoms with Gasteiger partial charge < -0.3 is 24.2 Å². The highest BCUT2D eigenvalue weighted by Crippen LogP contribution is 2.47. The van der Waals surface area contributed by atoms with Crippen molar-refractivity contribution in [3.8, 4) is 5.75 Å². The van der Waals surface area contributed by atoms with Crippen LogP contribution >= 0.6 is 0 Å². The quantitative estimate of drug-likeness (QED) is 0.615. The topological polar surface area (TPSA) is 114 Å². The number of ether oxygens (including phenoxy) is 3. The highest BCUT2D eigenvalue weighted by molar-refractivity contribution is 7.92. The molecule has 0 aliphatic carbocycles. The Kier molecular flexibility index (Phi) is 6.67. The van der Waals surface area contributed by atoms with Gasteiger partial charge in [-0.2, -0.15) is 0 Å². The van der Waals surface area contributed by atoms with Gasteiger partial charge in [0, 0.05) is 30.3 Å². The fourth-order valence-corrected chi connectivity index (χ4v) is 5.97. The van der Waals surface area contributed by atoms with Crippen LogP contribution in [0.25, 0.3) is 0 Å². The second kappa shape index (κ2) is 9.73. The zero-order valence-electron chi connectivity index (χ0n) is 18.9. The number of rotatable bonds is 6. The first-order valence-corrected chi connectivity index (χ1v) is 13.0. The van der Waals surface area contributed by atoms with E-state index < -0.39 is 34.2 Å². The summed E-state index contributed by atoms with van der Waals surface area (Å²) >= 11 is 0. The van der Waals surface area contributed by atoms with Crippen molar-refractivity contribution >= 4 is 21.6 Å². The number of hydrogen-bond donors (Lipinski definition) is 2. The average Bonchev–Trinajstić information content (AvgIpc) is 3.22. The molecule has 11 heteroatoms. The first-order valence-electron chi connectivity index (χ1n) is 11.5. The molecule has 2 fully saturated rings. The van der Waals surface area contributed by atoms with Gasteiger partial charge in [-0.1, -0.05) is 0 Å². The molecule has 0 radical (unpaired) electrons. The molecule has 0 unspecified atom stereocenters. The van der Waals surface area contributed by atoms with Crippen LogP contribution in [-0.4, -0.2) is 75.6 Å². The average molecular weight is 507 g/mol. The number of morpholine rings is 1. The van der Waals surface area contributed by atoms with Gasteiger partial charge in [0.15, 0.2) is 0 Å². The van der Waals surface area contributed by atoms with Gasteiger partial charge in [-0.05, 0) is 48.9 Å². The standard InChI is InChI=1S/C24H27FN2O7S/c25-15-1-4-18(5-2-15)35(30,31)26-16-3-6-21-19(11-16)20-12-17(33-22(14-28)24(20)34-21)13-23(29)27-7-9-32-10-8-27/h1-6,11,17,20,22,24,26,28H,7-10,12-14H2/t17-,20-,22+,24+/m1/s1. The van der Waals surface area contributed by atoms with Crippen LogP contribution in [0, 0.1) is 5.82 Å². The highest BCUT2D eigenvalue weighted by Gasteiger charge is 2.46. The second-order valence-corrected chi connectivity index (χ2v) is 10.6. The van der Waals surface area contributed by atoms with E-state index in [1.807, 2.05) is 0 Å². The Labute approximate surface area is 202 Å². The van der Waals surface area contributed by atoms with Crippen LogP contribution in [0.5, 0.6) is 5.75 Å². The van der Waals surface area contributed by atoms with Gasteiger partial charge >= 0.3 is 0 Å². The maximum atomic E-state index is 13.2. The van der Waals surface area contributed by atoms with Gasteiger partial charge in [-0.15, -0.1) is 0 Å². The molecule has 0 saturated carbocycles. The predicted octanol–water partition coefficient (Wildman–Crippen LogP) is 1.87. The van der Waals surface area contributed by atoms with Gasteiger partial charge in [0.2, 0.25) is 5.91 Å². The summed E-state index contributed by atoms with van der Waals surface area (Å²) < 4.78 is 58.6. The van der Waals surface area contributed by atoms with Crippen molar-refractivity contribution in [3.05, 3.63) is 53.8 Å². The van der Waals surface area contributed by atoms with Crippen molar-refractivity contribution < 1.29 is 36.9 Å². The number of hydrogen-bond acceptors (Lipinski definition) is 7. The third-order valence-electron chi connectivity index (χ3n) is 6.64. The van der Waals surface area contributed by atoms with Crippen molar-refractivity contribution in [1.29, 1.82) is 0 Å². The van der Waals surface area contributed by atoms with Crippen molar-refractivity contribution in [2.45, 2.75) is 42.0 Å². The number of aliphatic hydroxyl groups is 1. The van der Waals surface area contributed by atoms with Gasteiger partial charge in [-0.3, -0.25) is 9.52 Å². The molecule has 1 amide bonds. The summed E-state index contributed by atoms with van der Waals surface area (Å²) in [5.74, 6) is -0.127. The molecule has 188 valence electrons. The van der Waals surface area contributed by atoms with Crippen LogP contribution in [-0.2, 0) is 24.3 Å². The second-order valence-electron chi connectivity index (χ2n) is 8.91. The Bertz CT molecular complexity index is 1180. The molecule has 2 saturated heterocycles. The largest absolute Gasteiger partial charge is 0.487 e. The van der Waals surface area contributed by atoms with E-state index >= 15 is 0 Å². The number of fused-ring (bicyclic) bond motifs is 3. The molecule has 2 aromatic rings. The molecule has 4 atom stereocenters. The Hall–Kier alpha value is -2.73. The molecular weight excluding hydrogens is 479 g/mol. The number of nitrogens with one attached hydrogen (secondary N) is 1. The first-order chi connectivity index (χ1) is 16.8. The lowest BCUT2D eigenvalue weighted by molar-refractivity contribution is -0.151. The molecule has 0 aromatic heterocycles. The van der Waals surface area contributed by atoms with E-state index in [0.717, 1.165) is 17.7 Å². The van der Waals surface area contributed by atoms with E-state index in [0.29, 0.717) is 44.2 Å². The number of aliphatic hydroxyl groups excluding tert-OH is 1. The Morgan fingerprint density at radius 3 is 2.60 bits per heavy atom. The lowest BCUT2D eigenvalue weighted by Crippen LogP contribution is -2.48. The first kappa shape index (κ1) is 24.0. The lowest BCUT2D eigenvalue weighted by atomic mass is 9.84. The number of amides is 1. The van der Waals surface area contributed by atoms with Crippen molar-refractivity contribution in [2.24, 2.45) is 0 Å². The normalized spacial score (nSPS) is 25.9. The number of anilines is 1. The molecule has 3 aliphatic rings. The summed E-state index contributed by atoms with van der Waals surface area (Å²) in [5, 5.41) is 9.94. The minimum atomic E-state index is -3.91. The molecule has 9 nitrogen and oxygen atoms in total. The fraction of sp³-hybridized carbons (Fsp3) is 0.458. The van der Waals surface area contributed by atoms with Crippen LogP contribution in [0.1, 0.15) is 24.3 Å². The summed E-state index contributed by atoms with van der Waals surface area (Å²) in [6.45, 7) is 1.86. The molecule has 0 spiro atoms. The smallest absolute Gasteiger partial charge is 0.261 e. The minimum absolute atomic E-state index is 0.0200. The number of halogens is 1. The van der Waals surface area contributed by atoms with Gasteiger partial charge in [-0.25, -0.2) is 12.8 Å². The fourth-order valence-electron chi connectivity index (χ4n) is 4.92. The summed E-state index contributed by atoms with van der Waals surface area (Å²) in [5.41, 5.74) is 1.13. The van der Waals surface area contributed by atoms with Crippen LogP contribution in [0.3, 0.4) is 0 Å². The van der Waals surface area contributed by atoms with Crippen molar-refractivity contribution in [3.63, 3.8) is 0 Å². The number of sulfonamides is 1. The van der Waals surface area contributed by atoms with Gasteiger partial charge in [0.1, 0.15) is 23.8 Å². The van der Waals surface area contributed by atoms with Gasteiger partial charge in [0.25, 0.3) is 10.0 Å². The van der Waals surface area contributed by atoms with E-state index in [2.05, 4.69) is 4.72 Å². The van der Waals surface area contributed by atoms with Crippen LogP contribution in [0.4, 0.5) is 10.1 Å². The van der Waals surface area contributed by atoms with E-state index in [-0.39, 0.29) is 29.7 Å². The molecular formula is C24H27FN2O7S. The van der Waals surface area contributed by atoms with Crippen molar-refractivity contribution in [1.82, 2.24) is 4.90 Å². The molecule has 3 aliphatic heterocycles. The predicted molar refractivity (Wildman–Crippen MR) is 123 cm³/mol. The van der Waals surface area contributed by atoms with E-state index in [1.54, 1.807) is 23.1 Å². The van der Waals surface area contributed by atoms with Crippen LogP contribution in [0.15, 0.2) is 47.4 Å². The van der Waals surface area contributed by atoms with E-state index in [4.69, 9.17) is 14.2 Å². The molecule has 2 N–H and O–H groups in total. The molecule has 35 heavy (non-hydrogen) atoms. The minimum Gasteiger partial charge on any atom is -0.487 e. The monoisotopic (exact) mass is 506 g/mol. The summed E-state index contributed by atoms with van der Waals surface area (Å²) in [6.07, 6.45) is -0.765. The Morgan fingerprint density at radius 2 is 1.89 bits per heavy atom. The molecule has 2 aromatic carbocycles. The van der Waals surface area contributed by atoms with Crippen LogP contribution in [0.2, 0.25) is 0 Å². The Morgan fingerprint density at radius 1 is 1.14 bits per heavy atom. The lowest BCUT2D eigenvalue weighted by Gasteiger charge is -2.38. The number of carbonyl (C=O) groups is 1. The van der Waals surface area contributed by atoms with Crippen LogP contribution < -0.4 is 9.46 Å². The van der Waals surface area contributed by atoms with E-state index in [9.17, 15) is 22.7 Å². The highest BCUT2D eigenvalue weighted by atomic mass is 32.2. The molecule has 3 heterocycles. The SMILES string of the molecule is O=C(C[C@H]1C[C@@H]2c3cc(NS(=O)(=O)c4ccc(F)cc4)ccc3O[C@@H]2[C@H](CO)O1)N1CCOCC1. The third-order valence-corrected chi connectivity index (χ3v) is 8.04. The third kappa shape index (κ3) is 4.99. The maximum absolute atomic E-state index is 13.2. The summed E-state index contributed by atoms with van der Waals surface area (Å²) in [6, 6.07) is 9.55. The summed E-state index contributed by atoms with van der Waals surface area (Å²) in [7, 11) is -3.91. The molecule has 0 bridgehead atoms. The Balaban J connectivity index is 1.34. The molecule has 5 rings (SSSR count). The van der Waals surface area contributed by atoms with E-state index in [1.165, 1.54) is 12.1 Å². The number of benzene rings is 2. The number of carbonyl (C=O) groups excluding carboxylic acids is 1. The number of nitrogens with zero attached hydrogens (tertiary/aromatic N) is 1. The zero-order valence-corrected chi connectivity index (χ0v) is 19.7.